The number of nitrogens with one attached hydrogen (secondary N) is 1. The van der Waals surface area contributed by atoms with Gasteiger partial charge in [0.25, 0.3) is 0 Å². The zero-order chi connectivity index (χ0) is 14.7. The molecule has 0 amide bonds. The molecule has 1 heterocycles. The first-order chi connectivity index (χ1) is 10.2. The highest BCUT2D eigenvalue weighted by Crippen LogP contribution is 2.39. The topological polar surface area (TPSA) is 15.3 Å². The number of rotatable bonds is 7. The summed E-state index contributed by atoms with van der Waals surface area (Å²) in [6.07, 6.45) is 9.91. The van der Waals surface area contributed by atoms with Gasteiger partial charge in [-0.15, -0.1) is 11.3 Å². The summed E-state index contributed by atoms with van der Waals surface area (Å²) >= 11 is 1.89. The van der Waals surface area contributed by atoms with Gasteiger partial charge in [-0.3, -0.25) is 4.90 Å². The quantitative estimate of drug-likeness (QED) is 0.801. The Bertz CT molecular complexity index is 418. The lowest BCUT2D eigenvalue weighted by Gasteiger charge is -2.42. The fraction of sp³-hybridized carbons (Fsp3) is 0.778. The summed E-state index contributed by atoms with van der Waals surface area (Å²) in [5, 5.41) is 6.02. The van der Waals surface area contributed by atoms with E-state index in [1.165, 1.54) is 62.9 Å². The van der Waals surface area contributed by atoms with Crippen molar-refractivity contribution in [3.05, 3.63) is 22.4 Å². The summed E-state index contributed by atoms with van der Waals surface area (Å²) in [4.78, 5) is 4.09. The van der Waals surface area contributed by atoms with Crippen LogP contribution in [0.3, 0.4) is 0 Å². The van der Waals surface area contributed by atoms with E-state index in [-0.39, 0.29) is 0 Å². The van der Waals surface area contributed by atoms with Crippen molar-refractivity contribution in [2.75, 3.05) is 20.1 Å². The predicted molar refractivity (Wildman–Crippen MR) is 91.9 cm³/mol. The Morgan fingerprint density at radius 1 is 1.33 bits per heavy atom. The van der Waals surface area contributed by atoms with Crippen molar-refractivity contribution in [2.45, 2.75) is 64.0 Å². The second-order valence-electron chi connectivity index (χ2n) is 7.32. The highest BCUT2D eigenvalue weighted by Gasteiger charge is 2.35. The van der Waals surface area contributed by atoms with Gasteiger partial charge in [-0.25, -0.2) is 0 Å². The normalized spacial score (nSPS) is 23.4. The number of hydrogen-bond acceptors (Lipinski definition) is 3. The first-order valence-electron chi connectivity index (χ1n) is 8.66. The molecule has 1 aromatic heterocycles. The Kier molecular flexibility index (Phi) is 5.03. The van der Waals surface area contributed by atoms with Gasteiger partial charge >= 0.3 is 0 Å². The minimum absolute atomic E-state index is 0.515. The van der Waals surface area contributed by atoms with E-state index in [4.69, 9.17) is 0 Å². The van der Waals surface area contributed by atoms with Crippen LogP contribution in [-0.2, 0) is 0 Å². The first-order valence-corrected chi connectivity index (χ1v) is 9.54. The lowest BCUT2D eigenvalue weighted by atomic mass is 9.73. The van der Waals surface area contributed by atoms with Crippen LogP contribution >= 0.6 is 11.3 Å². The van der Waals surface area contributed by atoms with E-state index in [1.54, 1.807) is 0 Å². The van der Waals surface area contributed by atoms with E-state index in [2.05, 4.69) is 41.7 Å². The summed E-state index contributed by atoms with van der Waals surface area (Å²) in [7, 11) is 2.32. The van der Waals surface area contributed by atoms with Crippen molar-refractivity contribution in [1.29, 1.82) is 0 Å². The monoisotopic (exact) mass is 306 g/mol. The fourth-order valence-electron chi connectivity index (χ4n) is 3.75. The second kappa shape index (κ2) is 6.80. The molecule has 1 unspecified atom stereocenters. The van der Waals surface area contributed by atoms with Crippen LogP contribution in [0.1, 0.15) is 62.8 Å². The summed E-state index contributed by atoms with van der Waals surface area (Å²) in [5.41, 5.74) is 0.515. The number of nitrogens with zero attached hydrogens (tertiary/aromatic N) is 1. The third-order valence-corrected chi connectivity index (χ3v) is 6.50. The molecule has 0 aromatic carbocycles. The van der Waals surface area contributed by atoms with Crippen molar-refractivity contribution in [2.24, 2.45) is 5.41 Å². The zero-order valence-electron chi connectivity index (χ0n) is 13.6. The lowest BCUT2D eigenvalue weighted by Crippen LogP contribution is -2.45. The molecule has 3 heteroatoms. The Morgan fingerprint density at radius 3 is 2.71 bits per heavy atom. The second-order valence-corrected chi connectivity index (χ2v) is 8.30. The van der Waals surface area contributed by atoms with Crippen LogP contribution in [0.15, 0.2) is 17.5 Å². The van der Waals surface area contributed by atoms with Crippen LogP contribution in [-0.4, -0.2) is 31.1 Å². The summed E-state index contributed by atoms with van der Waals surface area (Å²) < 4.78 is 0. The molecule has 2 aliphatic carbocycles. The maximum absolute atomic E-state index is 3.82. The smallest absolute Gasteiger partial charge is 0.0410 e. The average Bonchev–Trinajstić information content (AvgIpc) is 3.17. The minimum atomic E-state index is 0.515. The molecular formula is C18H30N2S. The molecule has 0 aliphatic heterocycles. The largest absolute Gasteiger partial charge is 0.313 e. The lowest BCUT2D eigenvalue weighted by molar-refractivity contribution is 0.0974. The van der Waals surface area contributed by atoms with Crippen molar-refractivity contribution < 1.29 is 0 Å². The number of thiophene rings is 1. The molecule has 118 valence electrons. The zero-order valence-corrected chi connectivity index (χ0v) is 14.4. The molecule has 2 nitrogen and oxygen atoms in total. The minimum Gasteiger partial charge on any atom is -0.313 e. The van der Waals surface area contributed by atoms with E-state index >= 15 is 0 Å². The van der Waals surface area contributed by atoms with E-state index in [0.717, 1.165) is 6.04 Å². The Labute approximate surface area is 133 Å². The van der Waals surface area contributed by atoms with Crippen molar-refractivity contribution in [3.8, 4) is 0 Å². The molecule has 2 fully saturated rings. The molecule has 21 heavy (non-hydrogen) atoms. The molecule has 2 saturated carbocycles. The van der Waals surface area contributed by atoms with Gasteiger partial charge in [-0.2, -0.15) is 0 Å². The third kappa shape index (κ3) is 4.08. The van der Waals surface area contributed by atoms with Gasteiger partial charge in [-0.1, -0.05) is 25.3 Å². The molecule has 0 radical (unpaired) electrons. The summed E-state index contributed by atoms with van der Waals surface area (Å²) in [5.74, 6) is 0. The predicted octanol–water partition coefficient (Wildman–Crippen LogP) is 4.44. The van der Waals surface area contributed by atoms with Crippen molar-refractivity contribution in [1.82, 2.24) is 10.2 Å². The first kappa shape index (κ1) is 15.5. The summed E-state index contributed by atoms with van der Waals surface area (Å²) in [6.45, 7) is 4.83. The van der Waals surface area contributed by atoms with E-state index in [9.17, 15) is 0 Å². The summed E-state index contributed by atoms with van der Waals surface area (Å²) in [6, 6.07) is 5.84. The highest BCUT2D eigenvalue weighted by atomic mass is 32.1. The van der Waals surface area contributed by atoms with Gasteiger partial charge in [0.05, 0.1) is 0 Å². The van der Waals surface area contributed by atoms with Crippen LogP contribution in [0.4, 0.5) is 0 Å². The Morgan fingerprint density at radius 2 is 2.10 bits per heavy atom. The van der Waals surface area contributed by atoms with Crippen LogP contribution in [0.5, 0.6) is 0 Å². The molecule has 1 atom stereocenters. The van der Waals surface area contributed by atoms with Gasteiger partial charge < -0.3 is 5.32 Å². The standard InChI is InChI=1S/C18H30N2S/c1-15(17-7-6-12-21-17)20(2)14-18(10-4-3-5-11-18)13-19-16-8-9-16/h6-7,12,15-16,19H,3-5,8-11,13-14H2,1-2H3. The molecule has 3 rings (SSSR count). The van der Waals surface area contributed by atoms with Crippen LogP contribution < -0.4 is 5.32 Å². The molecular weight excluding hydrogens is 276 g/mol. The van der Waals surface area contributed by atoms with Gasteiger partial charge in [-0.05, 0) is 56.5 Å². The van der Waals surface area contributed by atoms with Crippen molar-refractivity contribution in [3.63, 3.8) is 0 Å². The molecule has 0 spiro atoms. The maximum atomic E-state index is 3.82. The fourth-order valence-corrected chi connectivity index (χ4v) is 4.60. The third-order valence-electron chi connectivity index (χ3n) is 5.46. The van der Waals surface area contributed by atoms with E-state index in [1.807, 2.05) is 11.3 Å². The van der Waals surface area contributed by atoms with Gasteiger partial charge in [0, 0.05) is 30.1 Å². The van der Waals surface area contributed by atoms with Crippen molar-refractivity contribution >= 4 is 11.3 Å². The maximum Gasteiger partial charge on any atom is 0.0410 e. The number of hydrogen-bond donors (Lipinski definition) is 1. The van der Waals surface area contributed by atoms with E-state index in [0.29, 0.717) is 11.5 Å². The molecule has 0 saturated heterocycles. The van der Waals surface area contributed by atoms with Crippen LogP contribution in [0.25, 0.3) is 0 Å². The molecule has 2 aliphatic rings. The van der Waals surface area contributed by atoms with E-state index < -0.39 is 0 Å². The van der Waals surface area contributed by atoms with Crippen LogP contribution in [0, 0.1) is 5.41 Å². The SMILES string of the molecule is CC(c1cccs1)N(C)CC1(CNC2CC2)CCCCC1. The van der Waals surface area contributed by atoms with Gasteiger partial charge in [0.1, 0.15) is 0 Å². The molecule has 1 aromatic rings. The average molecular weight is 307 g/mol. The Balaban J connectivity index is 1.61. The molecule has 0 bridgehead atoms. The Hall–Kier alpha value is -0.380. The molecule has 1 N–H and O–H groups in total. The van der Waals surface area contributed by atoms with Gasteiger partial charge in [0.2, 0.25) is 0 Å². The highest BCUT2D eigenvalue weighted by molar-refractivity contribution is 7.10. The van der Waals surface area contributed by atoms with Crippen LogP contribution in [0.2, 0.25) is 0 Å². The van der Waals surface area contributed by atoms with Gasteiger partial charge in [0.15, 0.2) is 0 Å².